The molecule has 2 atom stereocenters. The predicted molar refractivity (Wildman–Crippen MR) is 95.6 cm³/mol. The van der Waals surface area contributed by atoms with Crippen LogP contribution in [0.1, 0.15) is 61.5 Å². The third kappa shape index (κ3) is 4.97. The lowest BCUT2D eigenvalue weighted by Gasteiger charge is -2.30. The van der Waals surface area contributed by atoms with E-state index in [-0.39, 0.29) is 0 Å². The van der Waals surface area contributed by atoms with Crippen LogP contribution < -0.4 is 10.6 Å². The number of aromatic nitrogens is 1. The Morgan fingerprint density at radius 3 is 2.77 bits per heavy atom. The lowest BCUT2D eigenvalue weighted by Crippen LogP contribution is -2.45. The van der Waals surface area contributed by atoms with Gasteiger partial charge in [-0.25, -0.2) is 9.98 Å². The monoisotopic (exact) mass is 322 g/mol. The van der Waals surface area contributed by atoms with Gasteiger partial charge in [0.25, 0.3) is 0 Å². The van der Waals surface area contributed by atoms with Gasteiger partial charge in [-0.15, -0.1) is 11.3 Å². The van der Waals surface area contributed by atoms with Gasteiger partial charge in [0.05, 0.1) is 12.2 Å². The number of rotatable bonds is 5. The van der Waals surface area contributed by atoms with E-state index in [1.54, 1.807) is 11.3 Å². The van der Waals surface area contributed by atoms with Gasteiger partial charge in [-0.3, -0.25) is 0 Å². The molecule has 1 aromatic rings. The average Bonchev–Trinajstić information content (AvgIpc) is 2.84. The molecule has 1 heterocycles. The lowest BCUT2D eigenvalue weighted by molar-refractivity contribution is 0.298. The molecular weight excluding hydrogens is 292 g/mol. The highest BCUT2D eigenvalue weighted by Gasteiger charge is 2.21. The number of thiazole rings is 1. The molecule has 1 aliphatic carbocycles. The molecule has 0 aromatic carbocycles. The number of aryl methyl sites for hydroxylation is 2. The maximum atomic E-state index is 4.73. The van der Waals surface area contributed by atoms with E-state index in [4.69, 9.17) is 4.99 Å². The largest absolute Gasteiger partial charge is 0.357 e. The minimum atomic E-state index is 0.566. The summed E-state index contributed by atoms with van der Waals surface area (Å²) in [5, 5.41) is 8.10. The molecule has 0 radical (unpaired) electrons. The fraction of sp³-hybridized carbons (Fsp3) is 0.765. The van der Waals surface area contributed by atoms with Crippen molar-refractivity contribution < 1.29 is 0 Å². The minimum absolute atomic E-state index is 0.566. The number of hydrogen-bond acceptors (Lipinski definition) is 3. The van der Waals surface area contributed by atoms with E-state index >= 15 is 0 Å². The standard InChI is InChI=1S/C17H30N4S/c1-5-14-8-7-9-15(10-14)21-17(18-6-2)19-11-16-20-12(3)13(4)22-16/h14-15H,5-11H2,1-4H3,(H2,18,19,21). The van der Waals surface area contributed by atoms with Crippen LogP contribution in [0.5, 0.6) is 0 Å². The first-order valence-corrected chi connectivity index (χ1v) is 9.41. The molecule has 2 N–H and O–H groups in total. The van der Waals surface area contributed by atoms with Gasteiger partial charge in [0.2, 0.25) is 0 Å². The maximum Gasteiger partial charge on any atom is 0.191 e. The summed E-state index contributed by atoms with van der Waals surface area (Å²) in [6.07, 6.45) is 6.55. The molecule has 0 amide bonds. The first-order valence-electron chi connectivity index (χ1n) is 8.60. The first-order chi connectivity index (χ1) is 10.6. The van der Waals surface area contributed by atoms with Gasteiger partial charge in [-0.1, -0.05) is 26.2 Å². The SMILES string of the molecule is CCNC(=NCc1nc(C)c(C)s1)NC1CCCC(CC)C1. The van der Waals surface area contributed by atoms with Gasteiger partial charge < -0.3 is 10.6 Å². The highest BCUT2D eigenvalue weighted by Crippen LogP contribution is 2.26. The lowest BCUT2D eigenvalue weighted by atomic mass is 9.84. The second kappa shape index (κ2) is 8.51. The van der Waals surface area contributed by atoms with E-state index in [1.807, 2.05) is 0 Å². The average molecular weight is 323 g/mol. The molecule has 124 valence electrons. The molecule has 2 rings (SSSR count). The number of nitrogens with zero attached hydrogens (tertiary/aromatic N) is 2. The summed E-state index contributed by atoms with van der Waals surface area (Å²) in [6.45, 7) is 10.2. The minimum Gasteiger partial charge on any atom is -0.357 e. The normalized spacial score (nSPS) is 22.6. The van der Waals surface area contributed by atoms with Crippen molar-refractivity contribution in [2.45, 2.75) is 72.4 Å². The molecule has 5 heteroatoms. The van der Waals surface area contributed by atoms with Crippen LogP contribution in [0.2, 0.25) is 0 Å². The summed E-state index contributed by atoms with van der Waals surface area (Å²) >= 11 is 1.75. The summed E-state index contributed by atoms with van der Waals surface area (Å²) in [6, 6.07) is 0.566. The topological polar surface area (TPSA) is 49.3 Å². The Labute approximate surface area is 138 Å². The van der Waals surface area contributed by atoms with E-state index in [0.29, 0.717) is 12.6 Å². The van der Waals surface area contributed by atoms with Gasteiger partial charge in [0.1, 0.15) is 5.01 Å². The molecule has 0 aliphatic heterocycles. The molecule has 1 saturated carbocycles. The number of nitrogens with one attached hydrogen (secondary N) is 2. The Kier molecular flexibility index (Phi) is 6.68. The van der Waals surface area contributed by atoms with Crippen molar-refractivity contribution in [2.75, 3.05) is 6.54 Å². The summed E-state index contributed by atoms with van der Waals surface area (Å²) in [5.41, 5.74) is 1.13. The van der Waals surface area contributed by atoms with E-state index in [9.17, 15) is 0 Å². The highest BCUT2D eigenvalue weighted by atomic mass is 32.1. The second-order valence-corrected chi connectivity index (χ2v) is 7.51. The van der Waals surface area contributed by atoms with Crippen LogP contribution in [0.15, 0.2) is 4.99 Å². The Morgan fingerprint density at radius 2 is 2.14 bits per heavy atom. The molecular formula is C17H30N4S. The Bertz CT molecular complexity index is 475. The van der Waals surface area contributed by atoms with Crippen molar-refractivity contribution in [3.8, 4) is 0 Å². The number of aliphatic imine (C=N–C) groups is 1. The summed E-state index contributed by atoms with van der Waals surface area (Å²) in [4.78, 5) is 10.6. The second-order valence-electron chi connectivity index (χ2n) is 6.23. The molecule has 0 spiro atoms. The van der Waals surface area contributed by atoms with E-state index in [1.165, 1.54) is 37.0 Å². The zero-order chi connectivity index (χ0) is 15.9. The van der Waals surface area contributed by atoms with Crippen molar-refractivity contribution >= 4 is 17.3 Å². The fourth-order valence-corrected chi connectivity index (χ4v) is 3.92. The zero-order valence-electron chi connectivity index (χ0n) is 14.4. The molecule has 22 heavy (non-hydrogen) atoms. The van der Waals surface area contributed by atoms with Gasteiger partial charge in [0.15, 0.2) is 5.96 Å². The van der Waals surface area contributed by atoms with Crippen molar-refractivity contribution in [1.29, 1.82) is 0 Å². The van der Waals surface area contributed by atoms with Crippen molar-refractivity contribution in [3.63, 3.8) is 0 Å². The zero-order valence-corrected chi connectivity index (χ0v) is 15.2. The summed E-state index contributed by atoms with van der Waals surface area (Å²) in [5.74, 6) is 1.81. The van der Waals surface area contributed by atoms with E-state index in [0.717, 1.165) is 29.1 Å². The van der Waals surface area contributed by atoms with Gasteiger partial charge >= 0.3 is 0 Å². The number of hydrogen-bond donors (Lipinski definition) is 2. The first kappa shape index (κ1) is 17.3. The third-order valence-corrected chi connectivity index (χ3v) is 5.55. The van der Waals surface area contributed by atoms with Crippen LogP contribution in [0, 0.1) is 19.8 Å². The van der Waals surface area contributed by atoms with E-state index in [2.05, 4.69) is 43.3 Å². The Balaban J connectivity index is 1.94. The quantitative estimate of drug-likeness (QED) is 0.640. The van der Waals surface area contributed by atoms with Gasteiger partial charge in [-0.2, -0.15) is 0 Å². The van der Waals surface area contributed by atoms with Crippen molar-refractivity contribution in [3.05, 3.63) is 15.6 Å². The third-order valence-electron chi connectivity index (χ3n) is 4.49. The molecule has 1 fully saturated rings. The Morgan fingerprint density at radius 1 is 1.32 bits per heavy atom. The van der Waals surface area contributed by atoms with Crippen LogP contribution >= 0.6 is 11.3 Å². The predicted octanol–water partition coefficient (Wildman–Crippen LogP) is 3.78. The van der Waals surface area contributed by atoms with Crippen LogP contribution in [0.25, 0.3) is 0 Å². The molecule has 0 bridgehead atoms. The molecule has 4 nitrogen and oxygen atoms in total. The molecule has 1 aromatic heterocycles. The van der Waals surface area contributed by atoms with Crippen LogP contribution in [0.3, 0.4) is 0 Å². The maximum absolute atomic E-state index is 4.73. The summed E-state index contributed by atoms with van der Waals surface area (Å²) < 4.78 is 0. The smallest absolute Gasteiger partial charge is 0.191 e. The van der Waals surface area contributed by atoms with E-state index < -0.39 is 0 Å². The Hall–Kier alpha value is -1.10. The fourth-order valence-electron chi connectivity index (χ4n) is 3.06. The van der Waals surface area contributed by atoms with Crippen LogP contribution in [-0.2, 0) is 6.54 Å². The van der Waals surface area contributed by atoms with Gasteiger partial charge in [-0.05, 0) is 39.5 Å². The molecule has 2 unspecified atom stereocenters. The highest BCUT2D eigenvalue weighted by molar-refractivity contribution is 7.11. The van der Waals surface area contributed by atoms with Crippen LogP contribution in [-0.4, -0.2) is 23.5 Å². The molecule has 0 saturated heterocycles. The molecule has 1 aliphatic rings. The summed E-state index contributed by atoms with van der Waals surface area (Å²) in [7, 11) is 0. The van der Waals surface area contributed by atoms with Crippen LogP contribution in [0.4, 0.5) is 0 Å². The van der Waals surface area contributed by atoms with Gasteiger partial charge in [0, 0.05) is 17.5 Å². The number of guanidine groups is 1. The van der Waals surface area contributed by atoms with Crippen molar-refractivity contribution in [2.24, 2.45) is 10.9 Å². The van der Waals surface area contributed by atoms with Crippen molar-refractivity contribution in [1.82, 2.24) is 15.6 Å².